The fourth-order valence-electron chi connectivity index (χ4n) is 4.50. The Morgan fingerprint density at radius 3 is 2.50 bits per heavy atom. The zero-order chi connectivity index (χ0) is 25.4. The van der Waals surface area contributed by atoms with Crippen LogP contribution in [0.15, 0.2) is 66.7 Å². The Labute approximate surface area is 210 Å². The Hall–Kier alpha value is -3.36. The number of aromatic hydroxyl groups is 1. The quantitative estimate of drug-likeness (QED) is 0.268. The summed E-state index contributed by atoms with van der Waals surface area (Å²) in [5.41, 5.74) is -0.291. The van der Waals surface area contributed by atoms with Gasteiger partial charge in [0, 0.05) is 35.3 Å². The van der Waals surface area contributed by atoms with Gasteiger partial charge in [-0.1, -0.05) is 37.3 Å². The van der Waals surface area contributed by atoms with E-state index in [0.717, 1.165) is 54.9 Å². The smallest absolute Gasteiger partial charge is 0.417 e. The second kappa shape index (κ2) is 9.59. The lowest BCUT2D eigenvalue weighted by molar-refractivity contribution is -0.137. The van der Waals surface area contributed by atoms with Crippen LogP contribution in [-0.2, 0) is 12.6 Å². The van der Waals surface area contributed by atoms with Crippen LogP contribution in [0.1, 0.15) is 33.3 Å². The minimum Gasteiger partial charge on any atom is -0.508 e. The first-order valence-electron chi connectivity index (χ1n) is 11.6. The molecule has 0 atom stereocenters. The highest BCUT2D eigenvalue weighted by Crippen LogP contribution is 2.44. The van der Waals surface area contributed by atoms with Gasteiger partial charge in [0.2, 0.25) is 5.78 Å². The van der Waals surface area contributed by atoms with E-state index in [0.29, 0.717) is 15.8 Å². The zero-order valence-electron chi connectivity index (χ0n) is 19.5. The molecule has 0 amide bonds. The van der Waals surface area contributed by atoms with Crippen molar-refractivity contribution >= 4 is 27.2 Å². The molecule has 1 fully saturated rings. The van der Waals surface area contributed by atoms with Gasteiger partial charge >= 0.3 is 6.18 Å². The Balaban J connectivity index is 1.46. The van der Waals surface area contributed by atoms with Gasteiger partial charge in [-0.15, -0.1) is 11.3 Å². The van der Waals surface area contributed by atoms with Crippen molar-refractivity contribution in [2.75, 3.05) is 19.6 Å². The summed E-state index contributed by atoms with van der Waals surface area (Å²) in [5.74, 6) is 0.620. The summed E-state index contributed by atoms with van der Waals surface area (Å²) in [7, 11) is 0. The maximum atomic E-state index is 13.6. The molecule has 1 aromatic heterocycles. The van der Waals surface area contributed by atoms with E-state index in [1.807, 2.05) is 12.1 Å². The van der Waals surface area contributed by atoms with E-state index in [4.69, 9.17) is 4.74 Å². The number of alkyl halides is 3. The summed E-state index contributed by atoms with van der Waals surface area (Å²) >= 11 is 0.996. The Kier molecular flexibility index (Phi) is 6.49. The molecule has 0 unspecified atom stereocenters. The van der Waals surface area contributed by atoms with Gasteiger partial charge in [0.05, 0.1) is 5.56 Å². The van der Waals surface area contributed by atoms with Gasteiger partial charge in [-0.3, -0.25) is 4.79 Å². The number of benzene rings is 3. The molecule has 1 aliphatic rings. The van der Waals surface area contributed by atoms with Gasteiger partial charge < -0.3 is 14.7 Å². The predicted molar refractivity (Wildman–Crippen MR) is 134 cm³/mol. The summed E-state index contributed by atoms with van der Waals surface area (Å²) < 4.78 is 47.5. The Morgan fingerprint density at radius 1 is 1.08 bits per heavy atom. The van der Waals surface area contributed by atoms with Crippen molar-refractivity contribution in [1.29, 1.82) is 0 Å². The van der Waals surface area contributed by atoms with Gasteiger partial charge in [-0.05, 0) is 54.3 Å². The second-order valence-electron chi connectivity index (χ2n) is 9.17. The molecule has 1 N–H and O–H groups in total. The molecule has 186 valence electrons. The van der Waals surface area contributed by atoms with Crippen molar-refractivity contribution in [3.8, 4) is 17.2 Å². The van der Waals surface area contributed by atoms with E-state index in [9.17, 15) is 23.1 Å². The number of thiophene rings is 1. The molecule has 4 nitrogen and oxygen atoms in total. The molecule has 0 saturated carbocycles. The molecule has 4 aromatic rings. The molecule has 0 aliphatic carbocycles. The third-order valence-electron chi connectivity index (χ3n) is 6.31. The van der Waals surface area contributed by atoms with E-state index in [-0.39, 0.29) is 16.4 Å². The first kappa shape index (κ1) is 24.3. The van der Waals surface area contributed by atoms with Gasteiger partial charge in [0.15, 0.2) is 5.75 Å². The number of ketones is 1. The highest BCUT2D eigenvalue weighted by molar-refractivity contribution is 7.21. The van der Waals surface area contributed by atoms with Crippen LogP contribution in [0, 0.1) is 5.92 Å². The summed E-state index contributed by atoms with van der Waals surface area (Å²) in [5, 5.41) is 10.5. The molecule has 0 bridgehead atoms. The monoisotopic (exact) mass is 511 g/mol. The number of rotatable bonds is 7. The number of phenols is 1. The maximum absolute atomic E-state index is 13.6. The van der Waals surface area contributed by atoms with Crippen LogP contribution in [-0.4, -0.2) is 35.4 Å². The summed E-state index contributed by atoms with van der Waals surface area (Å²) in [6.45, 7) is 5.46. The van der Waals surface area contributed by atoms with Crippen LogP contribution in [0.3, 0.4) is 0 Å². The minimum atomic E-state index is -4.67. The number of likely N-dealkylation sites (tertiary alicyclic amines) is 1. The van der Waals surface area contributed by atoms with Crippen molar-refractivity contribution < 1.29 is 27.8 Å². The molecular weight excluding hydrogens is 487 g/mol. The number of hydrogen-bond acceptors (Lipinski definition) is 5. The fraction of sp³-hybridized carbons (Fsp3) is 0.250. The number of nitrogens with zero attached hydrogens (tertiary/aromatic N) is 1. The second-order valence-corrected chi connectivity index (χ2v) is 10.2. The van der Waals surface area contributed by atoms with Crippen molar-refractivity contribution in [1.82, 2.24) is 4.90 Å². The molecular formula is C28H24F3NO3S. The minimum absolute atomic E-state index is 0.00839. The van der Waals surface area contributed by atoms with Gasteiger partial charge in [0.25, 0.3) is 0 Å². The third kappa shape index (κ3) is 4.96. The van der Waals surface area contributed by atoms with E-state index >= 15 is 0 Å². The lowest BCUT2D eigenvalue weighted by Gasteiger charge is -2.37. The number of carbonyl (C=O) groups excluding carboxylic acids is 1. The Bertz CT molecular complexity index is 1410. The Morgan fingerprint density at radius 2 is 1.81 bits per heavy atom. The lowest BCUT2D eigenvalue weighted by Crippen LogP contribution is -2.45. The van der Waals surface area contributed by atoms with Crippen LogP contribution in [0.5, 0.6) is 17.2 Å². The standard InChI is InChI=1S/C28H24F3NO3S/c1-17-15-32(16-17)13-12-18-6-9-20(10-7-18)35-26-22-11-8-19(33)14-24(22)36-27(26)25(34)21-4-2-3-5-23(21)28(29,30)31/h2-11,14,17,33H,12-13,15-16H2,1H3. The van der Waals surface area contributed by atoms with Crippen molar-refractivity contribution in [2.24, 2.45) is 5.92 Å². The molecule has 0 spiro atoms. The SMILES string of the molecule is CC1CN(CCc2ccc(Oc3c(C(=O)c4ccccc4C(F)(F)F)sc4cc(O)ccc34)cc2)C1. The predicted octanol–water partition coefficient (Wildman–Crippen LogP) is 7.14. The molecule has 2 heterocycles. The first-order valence-corrected chi connectivity index (χ1v) is 12.5. The average molecular weight is 512 g/mol. The van der Waals surface area contributed by atoms with E-state index < -0.39 is 23.1 Å². The first-order chi connectivity index (χ1) is 17.2. The molecule has 36 heavy (non-hydrogen) atoms. The van der Waals surface area contributed by atoms with E-state index in [2.05, 4.69) is 11.8 Å². The molecule has 1 saturated heterocycles. The molecule has 5 rings (SSSR count). The number of fused-ring (bicyclic) bond motifs is 1. The van der Waals surface area contributed by atoms with Crippen molar-refractivity contribution in [3.63, 3.8) is 0 Å². The van der Waals surface area contributed by atoms with Crippen LogP contribution in [0.2, 0.25) is 0 Å². The highest BCUT2D eigenvalue weighted by Gasteiger charge is 2.36. The van der Waals surface area contributed by atoms with E-state index in [1.165, 1.54) is 30.3 Å². The molecule has 8 heteroatoms. The lowest BCUT2D eigenvalue weighted by atomic mass is 10.0. The van der Waals surface area contributed by atoms with Crippen LogP contribution >= 0.6 is 11.3 Å². The van der Waals surface area contributed by atoms with Crippen LogP contribution in [0.25, 0.3) is 10.1 Å². The maximum Gasteiger partial charge on any atom is 0.417 e. The number of phenolic OH excluding ortho intramolecular Hbond substituents is 1. The summed E-state index contributed by atoms with van der Waals surface area (Å²) in [4.78, 5) is 15.8. The van der Waals surface area contributed by atoms with Gasteiger partial charge in [-0.25, -0.2) is 0 Å². The summed E-state index contributed by atoms with van der Waals surface area (Å²) in [6.07, 6.45) is -3.77. The van der Waals surface area contributed by atoms with Crippen LogP contribution < -0.4 is 4.74 Å². The number of hydrogen-bond donors (Lipinski definition) is 1. The normalized spacial score (nSPS) is 14.7. The number of ether oxygens (including phenoxy) is 1. The topological polar surface area (TPSA) is 49.8 Å². The van der Waals surface area contributed by atoms with Gasteiger partial charge in [0.1, 0.15) is 16.4 Å². The third-order valence-corrected chi connectivity index (χ3v) is 7.44. The fourth-order valence-corrected chi connectivity index (χ4v) is 5.62. The van der Waals surface area contributed by atoms with Gasteiger partial charge in [-0.2, -0.15) is 13.2 Å². The highest BCUT2D eigenvalue weighted by atomic mass is 32.1. The van der Waals surface area contributed by atoms with Crippen molar-refractivity contribution in [3.05, 3.63) is 88.3 Å². The largest absolute Gasteiger partial charge is 0.508 e. The molecule has 3 aromatic carbocycles. The van der Waals surface area contributed by atoms with E-state index in [1.54, 1.807) is 18.2 Å². The number of halogens is 3. The summed E-state index contributed by atoms with van der Waals surface area (Å²) in [6, 6.07) is 16.8. The molecule has 1 aliphatic heterocycles. The average Bonchev–Trinajstić information content (AvgIpc) is 3.18. The molecule has 0 radical (unpaired) electrons. The number of carbonyl (C=O) groups is 1. The zero-order valence-corrected chi connectivity index (χ0v) is 20.3. The van der Waals surface area contributed by atoms with Crippen molar-refractivity contribution in [2.45, 2.75) is 19.5 Å². The van der Waals surface area contributed by atoms with Crippen LogP contribution in [0.4, 0.5) is 13.2 Å².